The standard InChI is InChI=1S/C25H26N4O/c1-17-9-7-13-21(15-17)23-18(2)28-29-19(3)22(16-27-24(23)29)25(30)26-14-8-12-20-10-5-4-6-11-20/h4-7,9-11,13,15-16H,8,12,14H2,1-3H3,(H,26,30). The fourth-order valence-corrected chi connectivity index (χ4v) is 3.80. The summed E-state index contributed by atoms with van der Waals surface area (Å²) in [4.78, 5) is 17.3. The molecule has 0 saturated heterocycles. The van der Waals surface area contributed by atoms with Crippen LogP contribution in [0.5, 0.6) is 0 Å². The molecule has 2 heterocycles. The van der Waals surface area contributed by atoms with E-state index >= 15 is 0 Å². The summed E-state index contributed by atoms with van der Waals surface area (Å²) in [6, 6.07) is 18.6. The van der Waals surface area contributed by atoms with E-state index in [4.69, 9.17) is 0 Å². The van der Waals surface area contributed by atoms with Crippen molar-refractivity contribution < 1.29 is 4.79 Å². The molecule has 4 aromatic rings. The zero-order chi connectivity index (χ0) is 21.1. The number of carbonyl (C=O) groups excluding carboxylic acids is 1. The predicted molar refractivity (Wildman–Crippen MR) is 120 cm³/mol. The molecule has 1 amide bonds. The zero-order valence-electron chi connectivity index (χ0n) is 17.6. The lowest BCUT2D eigenvalue weighted by molar-refractivity contribution is 0.0951. The molecule has 4 rings (SSSR count). The Hall–Kier alpha value is -3.47. The SMILES string of the molecule is Cc1cccc(-c2c(C)nn3c(C)c(C(=O)NCCCc4ccccc4)cnc23)c1. The Kier molecular flexibility index (Phi) is 5.61. The zero-order valence-corrected chi connectivity index (χ0v) is 17.6. The Labute approximate surface area is 176 Å². The van der Waals surface area contributed by atoms with Gasteiger partial charge in [-0.05, 0) is 44.7 Å². The normalized spacial score (nSPS) is 11.0. The topological polar surface area (TPSA) is 59.3 Å². The Morgan fingerprint density at radius 1 is 1.03 bits per heavy atom. The minimum atomic E-state index is -0.111. The van der Waals surface area contributed by atoms with Crippen LogP contribution in [0.15, 0.2) is 60.8 Å². The largest absolute Gasteiger partial charge is 0.352 e. The van der Waals surface area contributed by atoms with E-state index in [0.29, 0.717) is 12.1 Å². The van der Waals surface area contributed by atoms with Crippen molar-refractivity contribution in [1.29, 1.82) is 0 Å². The van der Waals surface area contributed by atoms with Crippen molar-refractivity contribution in [3.05, 3.63) is 88.9 Å². The van der Waals surface area contributed by atoms with Crippen LogP contribution in [-0.4, -0.2) is 27.0 Å². The third-order valence-corrected chi connectivity index (χ3v) is 5.38. The van der Waals surface area contributed by atoms with Crippen LogP contribution in [-0.2, 0) is 6.42 Å². The molecular formula is C25H26N4O. The van der Waals surface area contributed by atoms with E-state index in [-0.39, 0.29) is 5.91 Å². The molecule has 5 heteroatoms. The van der Waals surface area contributed by atoms with E-state index in [1.165, 1.54) is 11.1 Å². The van der Waals surface area contributed by atoms with E-state index in [0.717, 1.165) is 41.0 Å². The second kappa shape index (κ2) is 8.49. The summed E-state index contributed by atoms with van der Waals surface area (Å²) in [5.41, 5.74) is 7.59. The molecule has 0 aliphatic heterocycles. The van der Waals surface area contributed by atoms with Gasteiger partial charge < -0.3 is 5.32 Å². The minimum absolute atomic E-state index is 0.111. The van der Waals surface area contributed by atoms with E-state index in [1.54, 1.807) is 10.7 Å². The van der Waals surface area contributed by atoms with Crippen LogP contribution >= 0.6 is 0 Å². The highest BCUT2D eigenvalue weighted by Crippen LogP contribution is 2.28. The Morgan fingerprint density at radius 3 is 2.60 bits per heavy atom. The average molecular weight is 399 g/mol. The highest BCUT2D eigenvalue weighted by Gasteiger charge is 2.18. The lowest BCUT2D eigenvalue weighted by Crippen LogP contribution is -2.26. The second-order valence-corrected chi connectivity index (χ2v) is 7.67. The van der Waals surface area contributed by atoms with Gasteiger partial charge in [0, 0.05) is 18.3 Å². The maximum Gasteiger partial charge on any atom is 0.254 e. The summed E-state index contributed by atoms with van der Waals surface area (Å²) in [5, 5.41) is 7.69. The van der Waals surface area contributed by atoms with Crippen molar-refractivity contribution in [1.82, 2.24) is 19.9 Å². The van der Waals surface area contributed by atoms with Gasteiger partial charge in [0.05, 0.1) is 17.0 Å². The molecule has 0 atom stereocenters. The molecule has 0 fully saturated rings. The molecule has 0 radical (unpaired) electrons. The van der Waals surface area contributed by atoms with Gasteiger partial charge in [-0.15, -0.1) is 0 Å². The summed E-state index contributed by atoms with van der Waals surface area (Å²) in [5.74, 6) is -0.111. The van der Waals surface area contributed by atoms with Crippen LogP contribution < -0.4 is 5.32 Å². The van der Waals surface area contributed by atoms with Crippen LogP contribution in [0.1, 0.15) is 39.3 Å². The highest BCUT2D eigenvalue weighted by molar-refractivity contribution is 5.95. The molecule has 152 valence electrons. The summed E-state index contributed by atoms with van der Waals surface area (Å²) in [6.45, 7) is 6.59. The lowest BCUT2D eigenvalue weighted by atomic mass is 10.0. The molecule has 0 aliphatic rings. The number of nitrogens with zero attached hydrogens (tertiary/aromatic N) is 3. The number of fused-ring (bicyclic) bond motifs is 1. The van der Waals surface area contributed by atoms with Gasteiger partial charge in [0.15, 0.2) is 5.65 Å². The van der Waals surface area contributed by atoms with Gasteiger partial charge >= 0.3 is 0 Å². The van der Waals surface area contributed by atoms with Crippen molar-refractivity contribution in [3.63, 3.8) is 0 Å². The number of amides is 1. The quantitative estimate of drug-likeness (QED) is 0.480. The number of aryl methyl sites for hydroxylation is 4. The lowest BCUT2D eigenvalue weighted by Gasteiger charge is -2.09. The number of carbonyl (C=O) groups is 1. The van der Waals surface area contributed by atoms with Crippen LogP contribution in [0.4, 0.5) is 0 Å². The number of aromatic nitrogens is 3. The molecule has 2 aromatic carbocycles. The molecule has 0 aliphatic carbocycles. The summed E-state index contributed by atoms with van der Waals surface area (Å²) in [7, 11) is 0. The van der Waals surface area contributed by atoms with E-state index < -0.39 is 0 Å². The van der Waals surface area contributed by atoms with Gasteiger partial charge in [0.2, 0.25) is 0 Å². The number of rotatable bonds is 6. The predicted octanol–water partition coefficient (Wildman–Crippen LogP) is 4.68. The summed E-state index contributed by atoms with van der Waals surface area (Å²) < 4.78 is 1.78. The van der Waals surface area contributed by atoms with E-state index in [2.05, 4.69) is 52.7 Å². The fraction of sp³-hybridized carbons (Fsp3) is 0.240. The van der Waals surface area contributed by atoms with Crippen LogP contribution in [0.3, 0.4) is 0 Å². The van der Waals surface area contributed by atoms with Gasteiger partial charge in [-0.25, -0.2) is 9.50 Å². The van der Waals surface area contributed by atoms with E-state index in [1.807, 2.05) is 38.1 Å². The van der Waals surface area contributed by atoms with Gasteiger partial charge in [0.1, 0.15) is 0 Å². The maximum absolute atomic E-state index is 12.7. The van der Waals surface area contributed by atoms with Crippen molar-refractivity contribution in [3.8, 4) is 11.1 Å². The van der Waals surface area contributed by atoms with Crippen LogP contribution in [0, 0.1) is 20.8 Å². The van der Waals surface area contributed by atoms with Gasteiger partial charge in [-0.2, -0.15) is 5.10 Å². The number of hydrogen-bond acceptors (Lipinski definition) is 3. The van der Waals surface area contributed by atoms with Gasteiger partial charge in [0.25, 0.3) is 5.91 Å². The molecular weight excluding hydrogens is 372 g/mol. The first kappa shape index (κ1) is 19.8. The first-order valence-electron chi connectivity index (χ1n) is 10.3. The summed E-state index contributed by atoms with van der Waals surface area (Å²) in [6.07, 6.45) is 3.50. The van der Waals surface area contributed by atoms with Crippen molar-refractivity contribution in [2.24, 2.45) is 0 Å². The number of hydrogen-bond donors (Lipinski definition) is 1. The maximum atomic E-state index is 12.7. The average Bonchev–Trinajstić information content (AvgIpc) is 3.09. The Bertz CT molecular complexity index is 1190. The molecule has 30 heavy (non-hydrogen) atoms. The Balaban J connectivity index is 1.53. The first-order valence-corrected chi connectivity index (χ1v) is 10.3. The number of nitrogens with one attached hydrogen (secondary N) is 1. The molecule has 0 saturated carbocycles. The smallest absolute Gasteiger partial charge is 0.254 e. The minimum Gasteiger partial charge on any atom is -0.352 e. The highest BCUT2D eigenvalue weighted by atomic mass is 16.1. The second-order valence-electron chi connectivity index (χ2n) is 7.67. The molecule has 0 unspecified atom stereocenters. The molecule has 5 nitrogen and oxygen atoms in total. The first-order chi connectivity index (χ1) is 14.5. The molecule has 0 bridgehead atoms. The van der Waals surface area contributed by atoms with Gasteiger partial charge in [-0.3, -0.25) is 4.79 Å². The third kappa shape index (κ3) is 3.96. The van der Waals surface area contributed by atoms with Crippen molar-refractivity contribution >= 4 is 11.6 Å². The monoisotopic (exact) mass is 398 g/mol. The third-order valence-electron chi connectivity index (χ3n) is 5.38. The van der Waals surface area contributed by atoms with E-state index in [9.17, 15) is 4.79 Å². The molecule has 2 aromatic heterocycles. The van der Waals surface area contributed by atoms with Crippen molar-refractivity contribution in [2.75, 3.05) is 6.54 Å². The molecule has 0 spiro atoms. The molecule has 1 N–H and O–H groups in total. The fourth-order valence-electron chi connectivity index (χ4n) is 3.80. The Morgan fingerprint density at radius 2 is 1.83 bits per heavy atom. The van der Waals surface area contributed by atoms with Crippen molar-refractivity contribution in [2.45, 2.75) is 33.6 Å². The summed E-state index contributed by atoms with van der Waals surface area (Å²) >= 11 is 0. The van der Waals surface area contributed by atoms with Crippen LogP contribution in [0.25, 0.3) is 16.8 Å². The number of benzene rings is 2. The van der Waals surface area contributed by atoms with Crippen LogP contribution in [0.2, 0.25) is 0 Å². The van der Waals surface area contributed by atoms with Gasteiger partial charge in [-0.1, -0.05) is 60.2 Å².